The summed E-state index contributed by atoms with van der Waals surface area (Å²) in [7, 11) is 0. The number of hydrogen-bond donors (Lipinski definition) is 3. The summed E-state index contributed by atoms with van der Waals surface area (Å²) in [6, 6.07) is 10.2. The van der Waals surface area contributed by atoms with Crippen LogP contribution in [0.25, 0.3) is 5.65 Å². The number of pyridine rings is 1. The predicted molar refractivity (Wildman–Crippen MR) is 113 cm³/mol. The summed E-state index contributed by atoms with van der Waals surface area (Å²) in [4.78, 5) is 4.30. The van der Waals surface area contributed by atoms with E-state index in [1.54, 1.807) is 10.6 Å². The normalized spacial score (nSPS) is 14.8. The molecule has 0 bridgehead atoms. The van der Waals surface area contributed by atoms with Gasteiger partial charge in [0, 0.05) is 13.7 Å². The van der Waals surface area contributed by atoms with Crippen LogP contribution in [0.15, 0.2) is 42.5 Å². The summed E-state index contributed by atoms with van der Waals surface area (Å²) in [5.41, 5.74) is 0.428. The van der Waals surface area contributed by atoms with Gasteiger partial charge in [-0.15, -0.1) is 5.10 Å². The number of nitrogens with one attached hydrogen (secondary N) is 2. The Kier molecular flexibility index (Phi) is 7.15. The highest BCUT2D eigenvalue weighted by molar-refractivity contribution is 5.58. The Morgan fingerprint density at radius 1 is 1.10 bits per heavy atom. The van der Waals surface area contributed by atoms with Crippen LogP contribution in [0, 0.1) is 0 Å². The van der Waals surface area contributed by atoms with Crippen LogP contribution < -0.4 is 10.6 Å². The number of benzene rings is 1. The first kappa shape index (κ1) is 21.9. The van der Waals surface area contributed by atoms with E-state index in [2.05, 4.69) is 20.7 Å². The zero-order chi connectivity index (χ0) is 21.6. The van der Waals surface area contributed by atoms with Crippen LogP contribution in [0.5, 0.6) is 0 Å². The zero-order valence-corrected chi connectivity index (χ0v) is 16.8. The monoisotopic (exact) mass is 423 g/mol. The number of anilines is 3. The van der Waals surface area contributed by atoms with Crippen LogP contribution in [-0.4, -0.2) is 32.4 Å². The first-order valence-electron chi connectivity index (χ1n) is 10.1. The minimum absolute atomic E-state index is 0. The summed E-state index contributed by atoms with van der Waals surface area (Å²) in [5.74, 6) is 1.10. The van der Waals surface area contributed by atoms with E-state index in [0.717, 1.165) is 37.3 Å². The van der Waals surface area contributed by atoms with Gasteiger partial charge >= 0.3 is 6.18 Å². The van der Waals surface area contributed by atoms with Crippen molar-refractivity contribution in [2.24, 2.45) is 0 Å². The summed E-state index contributed by atoms with van der Waals surface area (Å²) < 4.78 is 39.3. The first-order valence-corrected chi connectivity index (χ1v) is 10.1. The lowest BCUT2D eigenvalue weighted by atomic mass is 9.98. The molecule has 2 heterocycles. The molecule has 2 aromatic heterocycles. The molecule has 164 valence electrons. The summed E-state index contributed by atoms with van der Waals surface area (Å²) in [6.45, 7) is 2.71. The van der Waals surface area contributed by atoms with Crippen molar-refractivity contribution in [2.45, 2.75) is 51.3 Å². The van der Waals surface area contributed by atoms with Gasteiger partial charge in [-0.25, -0.2) is 0 Å². The molecule has 0 spiro atoms. The molecule has 0 unspecified atom stereocenters. The number of rotatable bonds is 4. The molecule has 0 atom stereocenters. The van der Waals surface area contributed by atoms with Crippen molar-refractivity contribution in [3.8, 4) is 0 Å². The van der Waals surface area contributed by atoms with E-state index in [9.17, 15) is 13.2 Å². The van der Waals surface area contributed by atoms with E-state index in [4.69, 9.17) is 5.11 Å². The van der Waals surface area contributed by atoms with Gasteiger partial charge in [0.05, 0.1) is 11.7 Å². The van der Waals surface area contributed by atoms with Gasteiger partial charge in [0.1, 0.15) is 5.82 Å². The minimum atomic E-state index is -4.35. The molecule has 0 amide bonds. The quantitative estimate of drug-likeness (QED) is 0.518. The second-order valence-corrected chi connectivity index (χ2v) is 7.14. The molecule has 0 radical (unpaired) electrons. The van der Waals surface area contributed by atoms with Gasteiger partial charge < -0.3 is 15.7 Å². The molecule has 3 N–H and O–H groups in total. The lowest BCUT2D eigenvalue weighted by molar-refractivity contribution is -0.137. The number of aliphatic hydroxyl groups is 1. The Bertz CT molecular complexity index is 940. The Labute approximate surface area is 174 Å². The summed E-state index contributed by atoms with van der Waals surface area (Å²) >= 11 is 0. The molecule has 6 nitrogen and oxygen atoms in total. The second-order valence-electron chi connectivity index (χ2n) is 7.14. The molecule has 1 aliphatic rings. The van der Waals surface area contributed by atoms with E-state index >= 15 is 0 Å². The average molecular weight is 423 g/mol. The molecule has 1 aromatic carbocycles. The molecular weight excluding hydrogens is 395 g/mol. The highest BCUT2D eigenvalue weighted by Gasteiger charge is 2.29. The molecule has 4 rings (SSSR count). The van der Waals surface area contributed by atoms with E-state index in [0.29, 0.717) is 17.3 Å². The number of hydrogen-bond acceptors (Lipinski definition) is 5. The van der Waals surface area contributed by atoms with Crippen molar-refractivity contribution < 1.29 is 19.7 Å². The number of nitrogens with zero attached hydrogens (tertiary/aromatic N) is 3. The van der Waals surface area contributed by atoms with Crippen molar-refractivity contribution in [3.05, 3.63) is 48.0 Å². The highest BCUT2D eigenvalue weighted by atomic mass is 19.4. The fourth-order valence-corrected chi connectivity index (χ4v) is 3.23. The van der Waals surface area contributed by atoms with Crippen molar-refractivity contribution in [2.75, 3.05) is 17.2 Å². The molecule has 1 saturated carbocycles. The Morgan fingerprint density at radius 2 is 1.80 bits per heavy atom. The third-order valence-corrected chi connectivity index (χ3v) is 4.76. The van der Waals surface area contributed by atoms with Crippen LogP contribution in [0.3, 0.4) is 0 Å². The fourth-order valence-electron chi connectivity index (χ4n) is 3.23. The predicted octanol–water partition coefficient (Wildman–Crippen LogP) is 5.48. The number of alkyl halides is 3. The number of aliphatic hydroxyl groups excluding tert-OH is 1. The summed E-state index contributed by atoms with van der Waals surface area (Å²) in [5, 5.41) is 19.3. The minimum Gasteiger partial charge on any atom is -0.393 e. The van der Waals surface area contributed by atoms with Gasteiger partial charge in [-0.2, -0.15) is 22.7 Å². The molecule has 1 fully saturated rings. The van der Waals surface area contributed by atoms with Crippen molar-refractivity contribution >= 4 is 23.1 Å². The molecule has 30 heavy (non-hydrogen) atoms. The third-order valence-electron chi connectivity index (χ3n) is 4.76. The SMILES string of the molecule is CCNc1cccc2nc(Nc3ccc(C(F)(F)F)cc3)nn12.OC1CCCCC1.[HH]. The van der Waals surface area contributed by atoms with E-state index in [1.807, 2.05) is 19.1 Å². The van der Waals surface area contributed by atoms with Gasteiger partial charge in [-0.1, -0.05) is 25.3 Å². The Hall–Kier alpha value is -2.81. The lowest BCUT2D eigenvalue weighted by Gasteiger charge is -2.14. The average Bonchev–Trinajstić information content (AvgIpc) is 3.12. The number of halogens is 3. The smallest absolute Gasteiger partial charge is 0.393 e. The molecule has 3 aromatic rings. The van der Waals surface area contributed by atoms with Gasteiger partial charge in [0.15, 0.2) is 5.65 Å². The second kappa shape index (κ2) is 9.80. The topological polar surface area (TPSA) is 74.5 Å². The maximum atomic E-state index is 12.5. The molecule has 9 heteroatoms. The third kappa shape index (κ3) is 5.85. The molecule has 1 aliphatic carbocycles. The van der Waals surface area contributed by atoms with Gasteiger partial charge in [-0.3, -0.25) is 0 Å². The van der Waals surface area contributed by atoms with Gasteiger partial charge in [0.2, 0.25) is 5.95 Å². The first-order chi connectivity index (χ1) is 14.4. The number of aromatic nitrogens is 3. The van der Waals surface area contributed by atoms with Gasteiger partial charge in [-0.05, 0) is 56.2 Å². The van der Waals surface area contributed by atoms with Gasteiger partial charge in [0.25, 0.3) is 0 Å². The van der Waals surface area contributed by atoms with Crippen LogP contribution in [-0.2, 0) is 6.18 Å². The lowest BCUT2D eigenvalue weighted by Crippen LogP contribution is -2.09. The number of fused-ring (bicyclic) bond motifs is 1. The standard InChI is InChI=1S/C15H14F3N5.C6H12O.H2/c1-2-19-12-4-3-5-13-21-14(22-23(12)13)20-11-8-6-10(7-9-11)15(16,17)18;7-6-4-2-1-3-5-6;/h3-9,19H,2H2,1H3,(H,20,22);6-7H,1-5H2;1H. The fraction of sp³-hybridized carbons (Fsp3) is 0.429. The molecule has 0 saturated heterocycles. The van der Waals surface area contributed by atoms with Crippen molar-refractivity contribution in [3.63, 3.8) is 0 Å². The van der Waals surface area contributed by atoms with Crippen molar-refractivity contribution in [1.29, 1.82) is 0 Å². The largest absolute Gasteiger partial charge is 0.416 e. The van der Waals surface area contributed by atoms with Crippen LogP contribution in [0.2, 0.25) is 0 Å². The zero-order valence-electron chi connectivity index (χ0n) is 16.8. The van der Waals surface area contributed by atoms with Crippen LogP contribution in [0.1, 0.15) is 46.0 Å². The van der Waals surface area contributed by atoms with E-state index in [1.165, 1.54) is 31.4 Å². The van der Waals surface area contributed by atoms with E-state index < -0.39 is 11.7 Å². The molecule has 0 aliphatic heterocycles. The van der Waals surface area contributed by atoms with Crippen LogP contribution in [0.4, 0.5) is 30.6 Å². The summed E-state index contributed by atoms with van der Waals surface area (Å²) in [6.07, 6.45) is 1.58. The maximum Gasteiger partial charge on any atom is 0.416 e. The Balaban J connectivity index is 0.000000364. The highest BCUT2D eigenvalue weighted by Crippen LogP contribution is 2.30. The molecular formula is C21H28F3N5O. The van der Waals surface area contributed by atoms with Crippen LogP contribution >= 0.6 is 0 Å². The Morgan fingerprint density at radius 3 is 2.37 bits per heavy atom. The van der Waals surface area contributed by atoms with Crippen molar-refractivity contribution in [1.82, 2.24) is 14.6 Å². The maximum absolute atomic E-state index is 12.5. The van der Waals surface area contributed by atoms with E-state index in [-0.39, 0.29) is 7.53 Å².